The van der Waals surface area contributed by atoms with Crippen molar-refractivity contribution in [3.63, 3.8) is 0 Å². The van der Waals surface area contributed by atoms with E-state index in [0.717, 1.165) is 24.3 Å². The molecule has 0 heterocycles. The first-order chi connectivity index (χ1) is 10.8. The van der Waals surface area contributed by atoms with E-state index in [2.05, 4.69) is 16.7 Å². The largest absolute Gasteiger partial charge is 0.497 e. The van der Waals surface area contributed by atoms with Gasteiger partial charge in [0.15, 0.2) is 0 Å². The molecule has 0 saturated heterocycles. The Labute approximate surface area is 132 Å². The van der Waals surface area contributed by atoms with Crippen molar-refractivity contribution in [2.75, 3.05) is 20.2 Å². The van der Waals surface area contributed by atoms with Crippen LogP contribution in [-0.2, 0) is 11.3 Å². The molecule has 0 unspecified atom stereocenters. The van der Waals surface area contributed by atoms with E-state index in [4.69, 9.17) is 4.74 Å². The van der Waals surface area contributed by atoms with Crippen molar-refractivity contribution in [1.82, 2.24) is 10.6 Å². The van der Waals surface area contributed by atoms with Gasteiger partial charge in [-0.15, -0.1) is 0 Å². The van der Waals surface area contributed by atoms with Gasteiger partial charge in [0, 0.05) is 6.54 Å². The Bertz CT molecular complexity index is 494. The Balaban J connectivity index is 1.58. The number of hydrogen-bond donors (Lipinski definition) is 2. The van der Waals surface area contributed by atoms with Crippen LogP contribution in [0.2, 0.25) is 0 Å². The number of ether oxygens (including phenoxy) is 1. The lowest BCUT2D eigenvalue weighted by Crippen LogP contribution is -2.34. The van der Waals surface area contributed by atoms with E-state index in [0.29, 0.717) is 13.1 Å². The summed E-state index contributed by atoms with van der Waals surface area (Å²) < 4.78 is 5.11. The molecule has 0 spiro atoms. The van der Waals surface area contributed by atoms with E-state index in [9.17, 15) is 4.79 Å². The monoisotopic (exact) mass is 302 g/mol. The van der Waals surface area contributed by atoms with Crippen molar-refractivity contribution in [2.45, 2.75) is 38.6 Å². The molecule has 1 aliphatic carbocycles. The third-order valence-corrected chi connectivity index (χ3v) is 3.94. The van der Waals surface area contributed by atoms with Crippen LogP contribution >= 0.6 is 0 Å². The van der Waals surface area contributed by atoms with Crippen molar-refractivity contribution in [3.05, 3.63) is 41.5 Å². The number of rotatable bonds is 8. The van der Waals surface area contributed by atoms with Crippen LogP contribution in [0.3, 0.4) is 0 Å². The van der Waals surface area contributed by atoms with Crippen molar-refractivity contribution < 1.29 is 9.53 Å². The maximum absolute atomic E-state index is 11.8. The Morgan fingerprint density at radius 1 is 1.23 bits per heavy atom. The maximum atomic E-state index is 11.8. The highest BCUT2D eigenvalue weighted by Gasteiger charge is 2.04. The average Bonchev–Trinajstić information content (AvgIpc) is 2.58. The van der Waals surface area contributed by atoms with Crippen LogP contribution in [0, 0.1) is 0 Å². The molecule has 0 fully saturated rings. The zero-order valence-corrected chi connectivity index (χ0v) is 13.4. The number of benzene rings is 1. The molecule has 1 amide bonds. The lowest BCUT2D eigenvalue weighted by molar-refractivity contribution is -0.120. The predicted octanol–water partition coefficient (Wildman–Crippen LogP) is 2.79. The van der Waals surface area contributed by atoms with E-state index in [-0.39, 0.29) is 5.91 Å². The number of allylic oxidation sites excluding steroid dienone is 1. The average molecular weight is 302 g/mol. The summed E-state index contributed by atoms with van der Waals surface area (Å²) in [6, 6.07) is 7.72. The fourth-order valence-electron chi connectivity index (χ4n) is 2.59. The van der Waals surface area contributed by atoms with E-state index in [1.54, 1.807) is 7.11 Å². The molecule has 0 aliphatic heterocycles. The van der Waals surface area contributed by atoms with Gasteiger partial charge in [-0.2, -0.15) is 0 Å². The molecule has 0 radical (unpaired) electrons. The molecule has 120 valence electrons. The van der Waals surface area contributed by atoms with Gasteiger partial charge in [-0.3, -0.25) is 4.79 Å². The molecule has 0 bridgehead atoms. The molecule has 0 atom stereocenters. The molecular formula is C18H26N2O2. The van der Waals surface area contributed by atoms with Crippen LogP contribution in [0.1, 0.15) is 37.7 Å². The molecule has 22 heavy (non-hydrogen) atoms. The van der Waals surface area contributed by atoms with Crippen LogP contribution < -0.4 is 15.4 Å². The van der Waals surface area contributed by atoms with Crippen molar-refractivity contribution in [3.8, 4) is 5.75 Å². The molecule has 0 aromatic heterocycles. The number of hydrogen-bond acceptors (Lipinski definition) is 3. The minimum absolute atomic E-state index is 0.0356. The molecule has 0 saturated carbocycles. The molecule has 1 aliphatic rings. The highest BCUT2D eigenvalue weighted by atomic mass is 16.5. The van der Waals surface area contributed by atoms with Gasteiger partial charge < -0.3 is 15.4 Å². The molecule has 1 aromatic rings. The predicted molar refractivity (Wildman–Crippen MR) is 88.9 cm³/mol. The van der Waals surface area contributed by atoms with Crippen LogP contribution in [-0.4, -0.2) is 26.1 Å². The van der Waals surface area contributed by atoms with Crippen molar-refractivity contribution >= 4 is 5.91 Å². The van der Waals surface area contributed by atoms with Gasteiger partial charge in [0.2, 0.25) is 5.91 Å². The number of methoxy groups -OCH3 is 1. The third-order valence-electron chi connectivity index (χ3n) is 3.94. The first-order valence-electron chi connectivity index (χ1n) is 8.06. The molecule has 4 heteroatoms. The van der Waals surface area contributed by atoms with Gasteiger partial charge in [0.25, 0.3) is 0 Å². The summed E-state index contributed by atoms with van der Waals surface area (Å²) >= 11 is 0. The summed E-state index contributed by atoms with van der Waals surface area (Å²) in [7, 11) is 1.64. The fraction of sp³-hybridized carbons (Fsp3) is 0.500. The Morgan fingerprint density at radius 2 is 2.05 bits per heavy atom. The minimum atomic E-state index is 0.0356. The second-order valence-corrected chi connectivity index (χ2v) is 5.66. The topological polar surface area (TPSA) is 50.4 Å². The molecule has 2 rings (SSSR count). The summed E-state index contributed by atoms with van der Waals surface area (Å²) in [6.07, 6.45) is 8.50. The number of carbonyl (C=O) groups excluding carboxylic acids is 1. The van der Waals surface area contributed by atoms with Gasteiger partial charge in [-0.05, 0) is 56.3 Å². The van der Waals surface area contributed by atoms with Crippen LogP contribution in [0.25, 0.3) is 0 Å². The summed E-state index contributed by atoms with van der Waals surface area (Å²) in [4.78, 5) is 11.8. The summed E-state index contributed by atoms with van der Waals surface area (Å²) in [5.41, 5.74) is 2.61. The van der Waals surface area contributed by atoms with E-state index in [1.807, 2.05) is 24.3 Å². The van der Waals surface area contributed by atoms with Gasteiger partial charge in [-0.1, -0.05) is 23.8 Å². The third kappa shape index (κ3) is 5.90. The lowest BCUT2D eigenvalue weighted by Gasteiger charge is -2.13. The highest BCUT2D eigenvalue weighted by Crippen LogP contribution is 2.19. The quantitative estimate of drug-likeness (QED) is 0.573. The van der Waals surface area contributed by atoms with Gasteiger partial charge in [0.1, 0.15) is 5.75 Å². The number of amides is 1. The van der Waals surface area contributed by atoms with Crippen LogP contribution in [0.5, 0.6) is 5.75 Å². The fourth-order valence-corrected chi connectivity index (χ4v) is 2.59. The van der Waals surface area contributed by atoms with Crippen molar-refractivity contribution in [2.24, 2.45) is 0 Å². The van der Waals surface area contributed by atoms with Gasteiger partial charge >= 0.3 is 0 Å². The second-order valence-electron chi connectivity index (χ2n) is 5.66. The van der Waals surface area contributed by atoms with E-state index >= 15 is 0 Å². The number of carbonyl (C=O) groups is 1. The van der Waals surface area contributed by atoms with Gasteiger partial charge in [0.05, 0.1) is 13.7 Å². The first kappa shape index (κ1) is 16.6. The summed E-state index contributed by atoms with van der Waals surface area (Å²) in [6.45, 7) is 1.81. The summed E-state index contributed by atoms with van der Waals surface area (Å²) in [5, 5.41) is 6.13. The Morgan fingerprint density at radius 3 is 2.73 bits per heavy atom. The zero-order chi connectivity index (χ0) is 15.6. The molecule has 2 N–H and O–H groups in total. The highest BCUT2D eigenvalue weighted by molar-refractivity contribution is 5.77. The van der Waals surface area contributed by atoms with E-state index < -0.39 is 0 Å². The Kier molecular flexibility index (Phi) is 6.97. The molecule has 1 aromatic carbocycles. The molecule has 4 nitrogen and oxygen atoms in total. The van der Waals surface area contributed by atoms with Gasteiger partial charge in [-0.25, -0.2) is 0 Å². The second kappa shape index (κ2) is 9.26. The lowest BCUT2D eigenvalue weighted by atomic mass is 9.97. The molecular weight excluding hydrogens is 276 g/mol. The normalized spacial score (nSPS) is 14.3. The zero-order valence-electron chi connectivity index (χ0n) is 13.4. The standard InChI is InChI=1S/C18H26N2O2/c1-22-17-9-7-16(8-10-17)13-20-18(21)14-19-12-11-15-5-3-2-4-6-15/h5,7-10,19H,2-4,6,11-14H2,1H3,(H,20,21). The van der Waals surface area contributed by atoms with Crippen molar-refractivity contribution in [1.29, 1.82) is 0 Å². The number of nitrogens with one attached hydrogen (secondary N) is 2. The Hall–Kier alpha value is -1.81. The smallest absolute Gasteiger partial charge is 0.234 e. The van der Waals surface area contributed by atoms with E-state index in [1.165, 1.54) is 31.3 Å². The summed E-state index contributed by atoms with van der Waals surface area (Å²) in [5.74, 6) is 0.863. The van der Waals surface area contributed by atoms with Crippen LogP contribution in [0.4, 0.5) is 0 Å². The SMILES string of the molecule is COc1ccc(CNC(=O)CNCCC2=CCCCC2)cc1. The first-order valence-corrected chi connectivity index (χ1v) is 8.06. The maximum Gasteiger partial charge on any atom is 0.234 e. The van der Waals surface area contributed by atoms with Crippen LogP contribution in [0.15, 0.2) is 35.9 Å². The minimum Gasteiger partial charge on any atom is -0.497 e.